The SMILES string of the molecule is CC(=O)N1CCCC(c2cccc(Oc3cccnc3)n2)C1. The van der Waals surface area contributed by atoms with E-state index in [2.05, 4.69) is 9.97 Å². The molecular formula is C17H19N3O2. The zero-order valence-corrected chi connectivity index (χ0v) is 12.6. The van der Waals surface area contributed by atoms with E-state index in [0.717, 1.165) is 31.6 Å². The highest BCUT2D eigenvalue weighted by Gasteiger charge is 2.24. The van der Waals surface area contributed by atoms with E-state index >= 15 is 0 Å². The lowest BCUT2D eigenvalue weighted by atomic mass is 9.94. The summed E-state index contributed by atoms with van der Waals surface area (Å²) in [4.78, 5) is 22.1. The first-order valence-corrected chi connectivity index (χ1v) is 7.53. The molecule has 0 bridgehead atoms. The van der Waals surface area contributed by atoms with Gasteiger partial charge in [-0.15, -0.1) is 0 Å². The Kier molecular flexibility index (Phi) is 4.32. The number of ether oxygens (including phenoxy) is 1. The van der Waals surface area contributed by atoms with Gasteiger partial charge >= 0.3 is 0 Å². The highest BCUT2D eigenvalue weighted by atomic mass is 16.5. The van der Waals surface area contributed by atoms with E-state index in [9.17, 15) is 4.79 Å². The van der Waals surface area contributed by atoms with E-state index < -0.39 is 0 Å². The molecule has 2 aromatic rings. The second-order valence-corrected chi connectivity index (χ2v) is 5.50. The first-order valence-electron chi connectivity index (χ1n) is 7.53. The molecule has 1 saturated heterocycles. The Morgan fingerprint density at radius 2 is 2.23 bits per heavy atom. The summed E-state index contributed by atoms with van der Waals surface area (Å²) < 4.78 is 5.73. The lowest BCUT2D eigenvalue weighted by molar-refractivity contribution is -0.130. The summed E-state index contributed by atoms with van der Waals surface area (Å²) in [6.07, 6.45) is 5.42. The van der Waals surface area contributed by atoms with Crippen molar-refractivity contribution in [2.24, 2.45) is 0 Å². The zero-order chi connectivity index (χ0) is 15.4. The number of hydrogen-bond donors (Lipinski definition) is 0. The van der Waals surface area contributed by atoms with Crippen LogP contribution >= 0.6 is 0 Å². The Hall–Kier alpha value is -2.43. The molecule has 1 aliphatic rings. The molecule has 114 valence electrons. The molecule has 0 saturated carbocycles. The molecule has 3 rings (SSSR count). The van der Waals surface area contributed by atoms with Gasteiger partial charge in [0.15, 0.2) is 0 Å². The van der Waals surface area contributed by atoms with Gasteiger partial charge in [0.1, 0.15) is 5.75 Å². The maximum atomic E-state index is 11.6. The smallest absolute Gasteiger partial charge is 0.219 e. The average Bonchev–Trinajstić information content (AvgIpc) is 2.56. The molecule has 5 heteroatoms. The summed E-state index contributed by atoms with van der Waals surface area (Å²) in [6, 6.07) is 9.46. The summed E-state index contributed by atoms with van der Waals surface area (Å²) in [6.45, 7) is 3.20. The third kappa shape index (κ3) is 3.42. The van der Waals surface area contributed by atoms with Crippen molar-refractivity contribution in [3.8, 4) is 11.6 Å². The van der Waals surface area contributed by atoms with Crippen molar-refractivity contribution in [2.75, 3.05) is 13.1 Å². The van der Waals surface area contributed by atoms with Gasteiger partial charge in [0, 0.05) is 43.9 Å². The van der Waals surface area contributed by atoms with E-state index in [1.54, 1.807) is 19.3 Å². The minimum Gasteiger partial charge on any atom is -0.437 e. The van der Waals surface area contributed by atoms with Gasteiger partial charge in [-0.25, -0.2) is 4.98 Å². The summed E-state index contributed by atoms with van der Waals surface area (Å²) in [5.74, 6) is 1.63. The van der Waals surface area contributed by atoms with Crippen molar-refractivity contribution in [2.45, 2.75) is 25.7 Å². The number of likely N-dealkylation sites (tertiary alicyclic amines) is 1. The number of nitrogens with zero attached hydrogens (tertiary/aromatic N) is 3. The number of pyridine rings is 2. The van der Waals surface area contributed by atoms with E-state index in [1.165, 1.54) is 0 Å². The van der Waals surface area contributed by atoms with Crippen LogP contribution in [0.2, 0.25) is 0 Å². The molecule has 1 fully saturated rings. The monoisotopic (exact) mass is 297 g/mol. The normalized spacial score (nSPS) is 18.0. The molecule has 1 unspecified atom stereocenters. The average molecular weight is 297 g/mol. The van der Waals surface area contributed by atoms with Crippen LogP contribution in [-0.2, 0) is 4.79 Å². The molecular weight excluding hydrogens is 278 g/mol. The second kappa shape index (κ2) is 6.56. The minimum atomic E-state index is 0.132. The quantitative estimate of drug-likeness (QED) is 0.874. The molecule has 5 nitrogen and oxygen atoms in total. The van der Waals surface area contributed by atoms with Gasteiger partial charge in [0.05, 0.1) is 6.20 Å². The zero-order valence-electron chi connectivity index (χ0n) is 12.6. The van der Waals surface area contributed by atoms with Gasteiger partial charge in [-0.2, -0.15) is 0 Å². The highest BCUT2D eigenvalue weighted by molar-refractivity contribution is 5.73. The first-order chi connectivity index (χ1) is 10.7. The third-order valence-corrected chi connectivity index (χ3v) is 3.89. The van der Waals surface area contributed by atoms with E-state index in [4.69, 9.17) is 4.74 Å². The molecule has 1 atom stereocenters. The summed E-state index contributed by atoms with van der Waals surface area (Å²) >= 11 is 0. The minimum absolute atomic E-state index is 0.132. The highest BCUT2D eigenvalue weighted by Crippen LogP contribution is 2.27. The topological polar surface area (TPSA) is 55.3 Å². The van der Waals surface area contributed by atoms with Crippen molar-refractivity contribution in [3.63, 3.8) is 0 Å². The van der Waals surface area contributed by atoms with Crippen molar-refractivity contribution in [1.29, 1.82) is 0 Å². The lowest BCUT2D eigenvalue weighted by Gasteiger charge is -2.31. The van der Waals surface area contributed by atoms with Crippen molar-refractivity contribution in [1.82, 2.24) is 14.9 Å². The van der Waals surface area contributed by atoms with Crippen LogP contribution in [0.5, 0.6) is 11.6 Å². The van der Waals surface area contributed by atoms with Crippen molar-refractivity contribution < 1.29 is 9.53 Å². The summed E-state index contributed by atoms with van der Waals surface area (Å²) in [5.41, 5.74) is 0.979. The molecule has 1 amide bonds. The van der Waals surface area contributed by atoms with Crippen LogP contribution in [0.4, 0.5) is 0 Å². The molecule has 0 spiro atoms. The largest absolute Gasteiger partial charge is 0.437 e. The fraction of sp³-hybridized carbons (Fsp3) is 0.353. The predicted octanol–water partition coefficient (Wildman–Crippen LogP) is 2.99. The molecule has 0 N–H and O–H groups in total. The molecule has 0 radical (unpaired) electrons. The maximum Gasteiger partial charge on any atom is 0.219 e. The Balaban J connectivity index is 1.75. The number of carbonyl (C=O) groups is 1. The predicted molar refractivity (Wildman–Crippen MR) is 82.8 cm³/mol. The van der Waals surface area contributed by atoms with Crippen LogP contribution in [0.15, 0.2) is 42.7 Å². The van der Waals surface area contributed by atoms with E-state index in [-0.39, 0.29) is 11.8 Å². The molecule has 0 aromatic carbocycles. The fourth-order valence-corrected chi connectivity index (χ4v) is 2.75. The van der Waals surface area contributed by atoms with Crippen LogP contribution in [0.25, 0.3) is 0 Å². The van der Waals surface area contributed by atoms with E-state index in [0.29, 0.717) is 11.6 Å². The van der Waals surface area contributed by atoms with Crippen LogP contribution in [-0.4, -0.2) is 33.9 Å². The number of amides is 1. The Morgan fingerprint density at radius 3 is 3.00 bits per heavy atom. The van der Waals surface area contributed by atoms with Gasteiger partial charge < -0.3 is 9.64 Å². The Bertz CT molecular complexity index is 645. The molecule has 3 heterocycles. The van der Waals surface area contributed by atoms with Gasteiger partial charge in [-0.05, 0) is 31.0 Å². The Morgan fingerprint density at radius 1 is 1.32 bits per heavy atom. The van der Waals surface area contributed by atoms with Crippen LogP contribution in [0, 0.1) is 0 Å². The number of rotatable bonds is 3. The third-order valence-electron chi connectivity index (χ3n) is 3.89. The molecule has 0 aliphatic carbocycles. The van der Waals surface area contributed by atoms with E-state index in [1.807, 2.05) is 35.2 Å². The molecule has 1 aliphatic heterocycles. The van der Waals surface area contributed by atoms with Gasteiger partial charge in [-0.3, -0.25) is 9.78 Å². The standard InChI is InChI=1S/C17H19N3O2/c1-13(21)20-10-4-5-14(12-20)16-7-2-8-17(19-16)22-15-6-3-9-18-11-15/h2-3,6-9,11,14H,4-5,10,12H2,1H3. The van der Waals surface area contributed by atoms with Crippen LogP contribution in [0.1, 0.15) is 31.4 Å². The summed E-state index contributed by atoms with van der Waals surface area (Å²) in [7, 11) is 0. The van der Waals surface area contributed by atoms with Gasteiger partial charge in [0.25, 0.3) is 0 Å². The first kappa shape index (κ1) is 14.5. The Labute approximate surface area is 130 Å². The lowest BCUT2D eigenvalue weighted by Crippen LogP contribution is -2.37. The van der Waals surface area contributed by atoms with Crippen LogP contribution in [0.3, 0.4) is 0 Å². The van der Waals surface area contributed by atoms with Crippen molar-refractivity contribution >= 4 is 5.91 Å². The number of piperidine rings is 1. The molecule has 2 aromatic heterocycles. The second-order valence-electron chi connectivity index (χ2n) is 5.50. The number of carbonyl (C=O) groups excluding carboxylic acids is 1. The van der Waals surface area contributed by atoms with Crippen LogP contribution < -0.4 is 4.74 Å². The van der Waals surface area contributed by atoms with Crippen molar-refractivity contribution in [3.05, 3.63) is 48.4 Å². The fourth-order valence-electron chi connectivity index (χ4n) is 2.75. The summed E-state index contributed by atoms with van der Waals surface area (Å²) in [5, 5.41) is 0. The molecule has 22 heavy (non-hydrogen) atoms. The number of hydrogen-bond acceptors (Lipinski definition) is 4. The number of aromatic nitrogens is 2. The van der Waals surface area contributed by atoms with Gasteiger partial charge in [0.2, 0.25) is 11.8 Å². The van der Waals surface area contributed by atoms with Gasteiger partial charge in [-0.1, -0.05) is 6.07 Å². The maximum absolute atomic E-state index is 11.6.